The summed E-state index contributed by atoms with van der Waals surface area (Å²) in [5, 5.41) is 20.1. The number of aromatic nitrogens is 5. The van der Waals surface area contributed by atoms with Gasteiger partial charge in [-0.1, -0.05) is 0 Å². The summed E-state index contributed by atoms with van der Waals surface area (Å²) in [6, 6.07) is 7.62. The van der Waals surface area contributed by atoms with Gasteiger partial charge in [0.25, 0.3) is 0 Å². The van der Waals surface area contributed by atoms with Crippen LogP contribution in [-0.2, 0) is 18.4 Å². The number of nitrogens with zero attached hydrogens (tertiary/aromatic N) is 6. The Morgan fingerprint density at radius 3 is 2.91 bits per heavy atom. The highest BCUT2D eigenvalue weighted by molar-refractivity contribution is 6.07. The maximum absolute atomic E-state index is 12.0. The predicted octanol–water partition coefficient (Wildman–Crippen LogP) is 2.52. The molecule has 2 N–H and O–H groups in total. The zero-order valence-corrected chi connectivity index (χ0v) is 18.7. The van der Waals surface area contributed by atoms with E-state index >= 15 is 0 Å². The minimum absolute atomic E-state index is 0.0229. The predicted molar refractivity (Wildman–Crippen MR) is 122 cm³/mol. The molecule has 0 radical (unpaired) electrons. The molecule has 0 bridgehead atoms. The van der Waals surface area contributed by atoms with Crippen LogP contribution in [0.25, 0.3) is 16.7 Å². The Hall–Kier alpha value is -3.60. The Labute approximate surface area is 190 Å². The van der Waals surface area contributed by atoms with Crippen LogP contribution in [-0.4, -0.2) is 59.5 Å². The summed E-state index contributed by atoms with van der Waals surface area (Å²) in [7, 11) is 1.92. The highest BCUT2D eigenvalue weighted by Crippen LogP contribution is 2.26. The average molecular weight is 447 g/mol. The molecule has 1 aliphatic rings. The zero-order chi connectivity index (χ0) is 23.1. The molecule has 33 heavy (non-hydrogen) atoms. The number of rotatable bonds is 6. The van der Waals surface area contributed by atoms with E-state index < -0.39 is 6.10 Å². The number of aryl methyl sites for hydroxylation is 2. The number of aliphatic hydroxyl groups excluding tert-OH is 1. The summed E-state index contributed by atoms with van der Waals surface area (Å²) < 4.78 is 3.65. The summed E-state index contributed by atoms with van der Waals surface area (Å²) >= 11 is 0. The van der Waals surface area contributed by atoms with Crippen LogP contribution in [0.1, 0.15) is 28.5 Å². The van der Waals surface area contributed by atoms with Gasteiger partial charge in [0, 0.05) is 59.4 Å². The highest BCUT2D eigenvalue weighted by atomic mass is 16.7. The van der Waals surface area contributed by atoms with Crippen molar-refractivity contribution >= 4 is 28.3 Å². The quantitative estimate of drug-likeness (QED) is 0.434. The molecule has 5 rings (SSSR count). The Kier molecular flexibility index (Phi) is 5.41. The van der Waals surface area contributed by atoms with Gasteiger partial charge in [-0.2, -0.15) is 15.1 Å². The molecule has 3 aromatic heterocycles. The molecule has 10 nitrogen and oxygen atoms in total. The molecule has 1 aromatic carbocycles. The number of ketones is 1. The van der Waals surface area contributed by atoms with Crippen LogP contribution in [0, 0.1) is 6.92 Å². The molecule has 4 heterocycles. The number of anilines is 2. The Morgan fingerprint density at radius 1 is 1.30 bits per heavy atom. The second-order valence-corrected chi connectivity index (χ2v) is 8.26. The number of aliphatic hydroxyl groups is 1. The maximum atomic E-state index is 12.0. The van der Waals surface area contributed by atoms with Crippen molar-refractivity contribution < 1.29 is 14.7 Å². The average Bonchev–Trinajstić information content (AvgIpc) is 3.46. The first-order valence-corrected chi connectivity index (χ1v) is 10.7. The van der Waals surface area contributed by atoms with Crippen molar-refractivity contribution in [1.82, 2.24) is 29.4 Å². The van der Waals surface area contributed by atoms with Crippen LogP contribution in [0.4, 0.5) is 11.6 Å². The van der Waals surface area contributed by atoms with Crippen LogP contribution in [0.2, 0.25) is 0 Å². The van der Waals surface area contributed by atoms with Crippen molar-refractivity contribution in [3.63, 3.8) is 0 Å². The number of carbonyl (C=O) groups is 1. The minimum atomic E-state index is -0.461. The topological polar surface area (TPSA) is 110 Å². The molecule has 0 spiro atoms. The monoisotopic (exact) mass is 447 g/mol. The number of β-amino-alcohol motifs (C(OH)–C–C–N with tert-alkyl or cyclic N) is 1. The van der Waals surface area contributed by atoms with Crippen LogP contribution in [0.15, 0.2) is 42.9 Å². The summed E-state index contributed by atoms with van der Waals surface area (Å²) in [4.78, 5) is 26.4. The molecule has 1 atom stereocenters. The van der Waals surface area contributed by atoms with Crippen molar-refractivity contribution in [1.29, 1.82) is 0 Å². The number of Topliss-reactive ketones (excluding diaryl/α,β-unsaturated/α-hetero) is 1. The van der Waals surface area contributed by atoms with Gasteiger partial charge in [-0.15, -0.1) is 0 Å². The van der Waals surface area contributed by atoms with E-state index in [1.165, 1.54) is 0 Å². The van der Waals surface area contributed by atoms with E-state index in [-0.39, 0.29) is 5.78 Å². The maximum Gasteiger partial charge on any atom is 0.229 e. The van der Waals surface area contributed by atoms with Gasteiger partial charge in [-0.3, -0.25) is 9.63 Å². The van der Waals surface area contributed by atoms with Crippen molar-refractivity contribution in [3.8, 4) is 5.82 Å². The molecular weight excluding hydrogens is 422 g/mol. The molecule has 0 aliphatic carbocycles. The third-order valence-electron chi connectivity index (χ3n) is 5.71. The number of hydroxylamine groups is 2. The lowest BCUT2D eigenvalue weighted by Crippen LogP contribution is -2.20. The van der Waals surface area contributed by atoms with E-state index in [1.54, 1.807) is 28.9 Å². The zero-order valence-electron chi connectivity index (χ0n) is 18.7. The summed E-state index contributed by atoms with van der Waals surface area (Å²) in [6.07, 6.45) is 4.96. The smallest absolute Gasteiger partial charge is 0.229 e. The highest BCUT2D eigenvalue weighted by Gasteiger charge is 2.23. The van der Waals surface area contributed by atoms with E-state index in [1.807, 2.05) is 49.1 Å². The minimum Gasteiger partial charge on any atom is -0.389 e. The standard InChI is InChI=1S/C23H25N7O3/c1-14-16(9-29-11-18(32)13-33-29)10-30(27-14)22-6-7-24-23(26-22)25-17-4-5-21-19(8-17)20(15(2)31)12-28(21)3/h4-8,10,12,18,32H,9,11,13H2,1-3H3,(H,24,25,26). The lowest BCUT2D eigenvalue weighted by molar-refractivity contribution is -0.118. The molecule has 1 saturated heterocycles. The van der Waals surface area contributed by atoms with Crippen molar-refractivity contribution in [2.75, 3.05) is 18.5 Å². The van der Waals surface area contributed by atoms with Gasteiger partial charge in [0.05, 0.1) is 31.5 Å². The second kappa shape index (κ2) is 8.39. The van der Waals surface area contributed by atoms with Gasteiger partial charge in [-0.05, 0) is 32.0 Å². The van der Waals surface area contributed by atoms with Gasteiger partial charge in [0.2, 0.25) is 5.95 Å². The van der Waals surface area contributed by atoms with Crippen LogP contribution in [0.5, 0.6) is 0 Å². The van der Waals surface area contributed by atoms with Crippen LogP contribution >= 0.6 is 0 Å². The number of nitrogens with one attached hydrogen (secondary N) is 1. The van der Waals surface area contributed by atoms with E-state index in [4.69, 9.17) is 4.84 Å². The van der Waals surface area contributed by atoms with Gasteiger partial charge in [0.15, 0.2) is 11.6 Å². The summed E-state index contributed by atoms with van der Waals surface area (Å²) in [6.45, 7) is 4.83. The van der Waals surface area contributed by atoms with Crippen molar-refractivity contribution in [2.24, 2.45) is 7.05 Å². The van der Waals surface area contributed by atoms with E-state index in [9.17, 15) is 9.90 Å². The first kappa shape index (κ1) is 21.3. The Morgan fingerprint density at radius 2 is 2.15 bits per heavy atom. The number of hydrogen-bond acceptors (Lipinski definition) is 8. The first-order chi connectivity index (χ1) is 15.9. The first-order valence-electron chi connectivity index (χ1n) is 10.7. The number of carbonyl (C=O) groups excluding carboxylic acids is 1. The number of hydrogen-bond donors (Lipinski definition) is 2. The van der Waals surface area contributed by atoms with E-state index in [2.05, 4.69) is 20.4 Å². The number of benzene rings is 1. The number of fused-ring (bicyclic) bond motifs is 1. The molecule has 1 aliphatic heterocycles. The molecule has 1 unspecified atom stereocenters. The molecule has 1 fully saturated rings. The lowest BCUT2D eigenvalue weighted by atomic mass is 10.1. The van der Waals surface area contributed by atoms with Gasteiger partial charge in [-0.25, -0.2) is 9.67 Å². The van der Waals surface area contributed by atoms with Crippen molar-refractivity contribution in [2.45, 2.75) is 26.5 Å². The normalized spacial score (nSPS) is 16.5. The van der Waals surface area contributed by atoms with E-state index in [0.29, 0.717) is 37.0 Å². The molecule has 0 amide bonds. The SMILES string of the molecule is CC(=O)c1cn(C)c2ccc(Nc3nccc(-n4cc(CN5CC(O)CO5)c(C)n4)n3)cc12. The van der Waals surface area contributed by atoms with E-state index in [0.717, 1.165) is 27.8 Å². The summed E-state index contributed by atoms with van der Waals surface area (Å²) in [5.74, 6) is 1.07. The fraction of sp³-hybridized carbons (Fsp3) is 0.304. The van der Waals surface area contributed by atoms with Gasteiger partial charge < -0.3 is 15.0 Å². The lowest BCUT2D eigenvalue weighted by Gasteiger charge is -2.12. The Bertz CT molecular complexity index is 1340. The Balaban J connectivity index is 1.38. The largest absolute Gasteiger partial charge is 0.389 e. The fourth-order valence-corrected chi connectivity index (χ4v) is 4.02. The van der Waals surface area contributed by atoms with Crippen LogP contribution < -0.4 is 5.32 Å². The van der Waals surface area contributed by atoms with Gasteiger partial charge >= 0.3 is 0 Å². The third-order valence-corrected chi connectivity index (χ3v) is 5.71. The molecule has 10 heteroatoms. The molecule has 170 valence electrons. The molecule has 0 saturated carbocycles. The second-order valence-electron chi connectivity index (χ2n) is 8.26. The van der Waals surface area contributed by atoms with Gasteiger partial charge in [0.1, 0.15) is 0 Å². The molecule has 4 aromatic rings. The fourth-order valence-electron chi connectivity index (χ4n) is 4.02. The molecular formula is C23H25N7O3. The van der Waals surface area contributed by atoms with Crippen LogP contribution in [0.3, 0.4) is 0 Å². The third kappa shape index (κ3) is 4.23. The van der Waals surface area contributed by atoms with Crippen molar-refractivity contribution in [3.05, 3.63) is 59.7 Å². The summed E-state index contributed by atoms with van der Waals surface area (Å²) in [5.41, 5.74) is 4.30.